The molecule has 0 aliphatic rings. The van der Waals surface area contributed by atoms with Gasteiger partial charge in [-0.05, 0) is 53.1 Å². The minimum absolute atomic E-state index is 0.134. The van der Waals surface area contributed by atoms with Crippen molar-refractivity contribution in [2.24, 2.45) is 0 Å². The maximum Gasteiger partial charge on any atom is 0.314 e. The van der Waals surface area contributed by atoms with Gasteiger partial charge in [-0.1, -0.05) is 6.42 Å². The van der Waals surface area contributed by atoms with Crippen molar-refractivity contribution in [2.75, 3.05) is 26.7 Å². The number of carboxylic acid groups (broad SMARTS) is 1. The molecule has 0 saturated carbocycles. The molecule has 2 amide bonds. The van der Waals surface area contributed by atoms with Crippen LogP contribution in [-0.4, -0.2) is 54.7 Å². The van der Waals surface area contributed by atoms with E-state index >= 15 is 0 Å². The van der Waals surface area contributed by atoms with Crippen molar-refractivity contribution < 1.29 is 14.7 Å². The highest BCUT2D eigenvalue weighted by atomic mass is 16.4. The standard InChI is InChI=1S/C15H31N3O3/c1-13(2)18(3)12-8-7-11-17-15(21)16-10-6-4-5-9-14(19)20/h13H,4-12H2,1-3H3,(H,19,20)(H2,16,17,21). The summed E-state index contributed by atoms with van der Waals surface area (Å²) in [6.45, 7) is 6.67. The minimum Gasteiger partial charge on any atom is -0.481 e. The van der Waals surface area contributed by atoms with Gasteiger partial charge in [-0.3, -0.25) is 4.79 Å². The molecule has 0 aliphatic heterocycles. The van der Waals surface area contributed by atoms with E-state index in [0.29, 0.717) is 25.6 Å². The molecule has 124 valence electrons. The number of aliphatic carboxylic acids is 1. The Hall–Kier alpha value is -1.30. The number of urea groups is 1. The van der Waals surface area contributed by atoms with E-state index in [1.807, 2.05) is 0 Å². The highest BCUT2D eigenvalue weighted by Crippen LogP contribution is 1.99. The number of hydrogen-bond acceptors (Lipinski definition) is 3. The minimum atomic E-state index is -0.760. The first kappa shape index (κ1) is 19.7. The largest absolute Gasteiger partial charge is 0.481 e. The predicted octanol–water partition coefficient (Wildman–Crippen LogP) is 2.05. The van der Waals surface area contributed by atoms with E-state index in [2.05, 4.69) is 36.4 Å². The average Bonchev–Trinajstić information content (AvgIpc) is 2.41. The Morgan fingerprint density at radius 1 is 1.00 bits per heavy atom. The third-order valence-corrected chi connectivity index (χ3v) is 3.46. The summed E-state index contributed by atoms with van der Waals surface area (Å²) in [5.41, 5.74) is 0. The Morgan fingerprint density at radius 3 is 2.10 bits per heavy atom. The van der Waals surface area contributed by atoms with Gasteiger partial charge in [-0.2, -0.15) is 0 Å². The van der Waals surface area contributed by atoms with Gasteiger partial charge >= 0.3 is 12.0 Å². The summed E-state index contributed by atoms with van der Waals surface area (Å²) < 4.78 is 0. The zero-order valence-corrected chi connectivity index (χ0v) is 13.7. The number of hydrogen-bond donors (Lipinski definition) is 3. The van der Waals surface area contributed by atoms with Crippen LogP contribution in [0, 0.1) is 0 Å². The van der Waals surface area contributed by atoms with Crippen LogP contribution in [0.25, 0.3) is 0 Å². The summed E-state index contributed by atoms with van der Waals surface area (Å²) in [7, 11) is 2.11. The molecule has 0 aromatic carbocycles. The van der Waals surface area contributed by atoms with Crippen molar-refractivity contribution in [2.45, 2.75) is 58.4 Å². The molecule has 6 heteroatoms. The van der Waals surface area contributed by atoms with Crippen LogP contribution in [0.4, 0.5) is 4.79 Å². The van der Waals surface area contributed by atoms with Crippen LogP contribution in [0.15, 0.2) is 0 Å². The highest BCUT2D eigenvalue weighted by Gasteiger charge is 2.03. The topological polar surface area (TPSA) is 81.7 Å². The van der Waals surface area contributed by atoms with E-state index in [4.69, 9.17) is 5.11 Å². The van der Waals surface area contributed by atoms with Crippen LogP contribution in [0.5, 0.6) is 0 Å². The van der Waals surface area contributed by atoms with E-state index in [0.717, 1.165) is 32.2 Å². The summed E-state index contributed by atoms with van der Waals surface area (Å²) in [5, 5.41) is 14.1. The lowest BCUT2D eigenvalue weighted by Crippen LogP contribution is -2.36. The molecule has 0 fully saturated rings. The van der Waals surface area contributed by atoms with Gasteiger partial charge in [0.15, 0.2) is 0 Å². The Bertz CT molecular complexity index is 296. The average molecular weight is 301 g/mol. The van der Waals surface area contributed by atoms with Crippen LogP contribution in [0.1, 0.15) is 52.4 Å². The fraction of sp³-hybridized carbons (Fsp3) is 0.867. The van der Waals surface area contributed by atoms with E-state index in [-0.39, 0.29) is 12.5 Å². The molecule has 0 rings (SSSR count). The molecule has 21 heavy (non-hydrogen) atoms. The molecule has 0 aromatic heterocycles. The van der Waals surface area contributed by atoms with E-state index < -0.39 is 5.97 Å². The Morgan fingerprint density at radius 2 is 1.57 bits per heavy atom. The predicted molar refractivity (Wildman–Crippen MR) is 84.5 cm³/mol. The molecule has 0 saturated heterocycles. The van der Waals surface area contributed by atoms with Gasteiger partial charge in [0.2, 0.25) is 0 Å². The zero-order chi connectivity index (χ0) is 16.1. The summed E-state index contributed by atoms with van der Waals surface area (Å²) in [6, 6.07) is 0.424. The molecule has 0 spiro atoms. The van der Waals surface area contributed by atoms with Crippen LogP contribution in [0.2, 0.25) is 0 Å². The molecule has 0 bridgehead atoms. The van der Waals surface area contributed by atoms with Crippen LogP contribution >= 0.6 is 0 Å². The molecular formula is C15H31N3O3. The SMILES string of the molecule is CC(C)N(C)CCCCNC(=O)NCCCCCC(=O)O. The molecule has 0 unspecified atom stereocenters. The Balaban J connectivity index is 3.33. The quantitative estimate of drug-likeness (QED) is 0.482. The first-order chi connectivity index (χ1) is 9.93. The fourth-order valence-corrected chi connectivity index (χ4v) is 1.79. The van der Waals surface area contributed by atoms with Crippen molar-refractivity contribution in [1.82, 2.24) is 15.5 Å². The number of nitrogens with zero attached hydrogens (tertiary/aromatic N) is 1. The fourth-order valence-electron chi connectivity index (χ4n) is 1.79. The Kier molecular flexibility index (Phi) is 11.7. The smallest absolute Gasteiger partial charge is 0.314 e. The number of amides is 2. The van der Waals surface area contributed by atoms with Crippen LogP contribution in [0.3, 0.4) is 0 Å². The monoisotopic (exact) mass is 301 g/mol. The van der Waals surface area contributed by atoms with Gasteiger partial charge in [0.25, 0.3) is 0 Å². The number of carboxylic acids is 1. The molecule has 0 radical (unpaired) electrons. The second-order valence-electron chi connectivity index (χ2n) is 5.67. The molecule has 6 nitrogen and oxygen atoms in total. The summed E-state index contributed by atoms with van der Waals surface area (Å²) >= 11 is 0. The van der Waals surface area contributed by atoms with E-state index in [1.165, 1.54) is 0 Å². The number of nitrogens with one attached hydrogen (secondary N) is 2. The van der Waals surface area contributed by atoms with Gasteiger partial charge in [-0.25, -0.2) is 4.79 Å². The lowest BCUT2D eigenvalue weighted by molar-refractivity contribution is -0.137. The first-order valence-electron chi connectivity index (χ1n) is 7.87. The molecular weight excluding hydrogens is 270 g/mol. The zero-order valence-electron chi connectivity index (χ0n) is 13.7. The van der Waals surface area contributed by atoms with Gasteiger partial charge in [-0.15, -0.1) is 0 Å². The van der Waals surface area contributed by atoms with Crippen molar-refractivity contribution >= 4 is 12.0 Å². The molecule has 0 atom stereocenters. The maximum atomic E-state index is 11.5. The lowest BCUT2D eigenvalue weighted by atomic mass is 10.2. The first-order valence-corrected chi connectivity index (χ1v) is 7.87. The van der Waals surface area contributed by atoms with E-state index in [9.17, 15) is 9.59 Å². The van der Waals surface area contributed by atoms with Crippen molar-refractivity contribution in [3.05, 3.63) is 0 Å². The van der Waals surface area contributed by atoms with Gasteiger partial charge < -0.3 is 20.6 Å². The normalized spacial score (nSPS) is 10.9. The van der Waals surface area contributed by atoms with Crippen molar-refractivity contribution in [3.8, 4) is 0 Å². The number of unbranched alkanes of at least 4 members (excludes halogenated alkanes) is 3. The maximum absolute atomic E-state index is 11.5. The van der Waals surface area contributed by atoms with Crippen molar-refractivity contribution in [1.29, 1.82) is 0 Å². The lowest BCUT2D eigenvalue weighted by Gasteiger charge is -2.20. The molecule has 0 aliphatic carbocycles. The second kappa shape index (κ2) is 12.4. The number of carbonyl (C=O) groups is 2. The summed E-state index contributed by atoms with van der Waals surface area (Å²) in [6.07, 6.45) is 4.57. The van der Waals surface area contributed by atoms with Crippen molar-refractivity contribution in [3.63, 3.8) is 0 Å². The Labute approximate surface area is 128 Å². The van der Waals surface area contributed by atoms with Gasteiger partial charge in [0.1, 0.15) is 0 Å². The third-order valence-electron chi connectivity index (χ3n) is 3.46. The van der Waals surface area contributed by atoms with Gasteiger partial charge in [0.05, 0.1) is 0 Å². The van der Waals surface area contributed by atoms with Crippen LogP contribution in [-0.2, 0) is 4.79 Å². The highest BCUT2D eigenvalue weighted by molar-refractivity contribution is 5.73. The summed E-state index contributed by atoms with van der Waals surface area (Å²) in [4.78, 5) is 24.1. The number of carbonyl (C=O) groups excluding carboxylic acids is 1. The molecule has 0 aromatic rings. The van der Waals surface area contributed by atoms with Crippen LogP contribution < -0.4 is 10.6 Å². The number of rotatable bonds is 12. The molecule has 0 heterocycles. The third kappa shape index (κ3) is 13.4. The summed E-state index contributed by atoms with van der Waals surface area (Å²) in [5.74, 6) is -0.760. The van der Waals surface area contributed by atoms with Gasteiger partial charge in [0, 0.05) is 25.6 Å². The van der Waals surface area contributed by atoms with E-state index in [1.54, 1.807) is 0 Å². The molecule has 3 N–H and O–H groups in total. The second-order valence-corrected chi connectivity index (χ2v) is 5.67.